The summed E-state index contributed by atoms with van der Waals surface area (Å²) in [6.45, 7) is 0. The van der Waals surface area contributed by atoms with Gasteiger partial charge in [-0.1, -0.05) is 0 Å². The number of nitrogens with zero attached hydrogens (tertiary/aromatic N) is 1. The van der Waals surface area contributed by atoms with Gasteiger partial charge in [0.15, 0.2) is 0 Å². The van der Waals surface area contributed by atoms with Gasteiger partial charge in [-0.2, -0.15) is 0 Å². The van der Waals surface area contributed by atoms with Gasteiger partial charge in [-0.05, 0) is 0 Å². The van der Waals surface area contributed by atoms with Gasteiger partial charge in [-0.3, -0.25) is 10.2 Å². The van der Waals surface area contributed by atoms with Crippen LogP contribution in [0.2, 0.25) is 0 Å². The number of hydrogen-bond donors (Lipinski definition) is 4. The lowest BCUT2D eigenvalue weighted by atomic mass is 10.5. The summed E-state index contributed by atoms with van der Waals surface area (Å²) in [6.07, 6.45) is 1.37. The molecule has 6 heteroatoms. The summed E-state index contributed by atoms with van der Waals surface area (Å²) in [5.74, 6) is 4.42. The summed E-state index contributed by atoms with van der Waals surface area (Å²) in [7, 11) is 0. The van der Waals surface area contributed by atoms with Gasteiger partial charge < -0.3 is 4.98 Å². The van der Waals surface area contributed by atoms with E-state index in [0.717, 1.165) is 0 Å². The van der Waals surface area contributed by atoms with E-state index in [9.17, 15) is 4.79 Å². The smallest absolute Gasteiger partial charge is 0.284 e. The van der Waals surface area contributed by atoms with Crippen LogP contribution in [0.3, 0.4) is 0 Å². The molecule has 0 atom stereocenters. The number of hydrogen-bond acceptors (Lipinski definition) is 4. The van der Waals surface area contributed by atoms with Gasteiger partial charge in [0.25, 0.3) is 5.91 Å². The van der Waals surface area contributed by atoms with Crippen molar-refractivity contribution in [1.29, 1.82) is 0 Å². The van der Waals surface area contributed by atoms with Crippen LogP contribution in [0.4, 0.5) is 0 Å². The summed E-state index contributed by atoms with van der Waals surface area (Å²) in [5.41, 5.74) is 2.22. The van der Waals surface area contributed by atoms with Crippen molar-refractivity contribution in [1.82, 2.24) is 15.4 Å². The van der Waals surface area contributed by atoms with Gasteiger partial charge in [-0.15, -0.1) is 12.6 Å². The first-order valence-corrected chi connectivity index (χ1v) is 2.93. The Balaban J connectivity index is 2.93. The van der Waals surface area contributed by atoms with Crippen LogP contribution in [0.25, 0.3) is 0 Å². The molecule has 0 aliphatic heterocycles. The Morgan fingerprint density at radius 1 is 1.90 bits per heavy atom. The lowest BCUT2D eigenvalue weighted by molar-refractivity contribution is 0.0946. The third-order valence-corrected chi connectivity index (χ3v) is 1.32. The second-order valence-corrected chi connectivity index (χ2v) is 2.00. The Morgan fingerprint density at radius 3 is 3.00 bits per heavy atom. The van der Waals surface area contributed by atoms with Gasteiger partial charge in [0.05, 0.1) is 6.33 Å². The number of H-pyrrole nitrogens is 1. The lowest BCUT2D eigenvalue weighted by Gasteiger charge is -1.93. The first-order valence-electron chi connectivity index (χ1n) is 2.49. The number of imidazole rings is 1. The minimum Gasteiger partial charge on any atom is -0.340 e. The van der Waals surface area contributed by atoms with Crippen molar-refractivity contribution in [2.45, 2.75) is 5.03 Å². The molecule has 54 valence electrons. The minimum atomic E-state index is -0.428. The van der Waals surface area contributed by atoms with Crippen molar-refractivity contribution >= 4 is 18.5 Å². The van der Waals surface area contributed by atoms with E-state index in [2.05, 4.69) is 22.6 Å². The second-order valence-electron chi connectivity index (χ2n) is 1.57. The Bertz CT molecular complexity index is 245. The standard InChI is InChI=1S/C4H6N4OS/c5-8-3(9)2-4(10)7-1-6-2/h1,10H,5H2,(H,6,7)(H,8,9). The molecule has 0 saturated heterocycles. The van der Waals surface area contributed by atoms with Gasteiger partial charge in [-0.25, -0.2) is 10.8 Å². The third-order valence-electron chi connectivity index (χ3n) is 0.977. The van der Waals surface area contributed by atoms with Crippen LogP contribution in [0.1, 0.15) is 10.5 Å². The first-order chi connectivity index (χ1) is 4.75. The molecule has 1 aromatic heterocycles. The minimum absolute atomic E-state index is 0.269. The van der Waals surface area contributed by atoms with Crippen molar-refractivity contribution in [3.63, 3.8) is 0 Å². The van der Waals surface area contributed by atoms with E-state index in [1.165, 1.54) is 6.33 Å². The number of carbonyl (C=O) groups excluding carboxylic acids is 1. The van der Waals surface area contributed by atoms with Crippen LogP contribution in [-0.2, 0) is 0 Å². The molecule has 1 aromatic rings. The van der Waals surface area contributed by atoms with Gasteiger partial charge in [0.1, 0.15) is 10.7 Å². The molecular weight excluding hydrogens is 152 g/mol. The molecule has 4 N–H and O–H groups in total. The Morgan fingerprint density at radius 2 is 2.60 bits per heavy atom. The number of aromatic nitrogens is 2. The van der Waals surface area contributed by atoms with E-state index in [1.807, 2.05) is 5.43 Å². The van der Waals surface area contributed by atoms with Gasteiger partial charge in [0, 0.05) is 0 Å². The third kappa shape index (κ3) is 1.12. The average Bonchev–Trinajstić information content (AvgIpc) is 2.34. The van der Waals surface area contributed by atoms with Crippen LogP contribution in [0.15, 0.2) is 11.4 Å². The van der Waals surface area contributed by atoms with Crippen LogP contribution < -0.4 is 11.3 Å². The normalized spacial score (nSPS) is 9.40. The van der Waals surface area contributed by atoms with Crippen molar-refractivity contribution in [2.75, 3.05) is 0 Å². The number of amides is 1. The van der Waals surface area contributed by atoms with Crippen LogP contribution >= 0.6 is 12.6 Å². The topological polar surface area (TPSA) is 83.8 Å². The van der Waals surface area contributed by atoms with Crippen molar-refractivity contribution in [3.05, 3.63) is 12.0 Å². The number of nitrogens with two attached hydrogens (primary N) is 1. The van der Waals surface area contributed by atoms with Crippen molar-refractivity contribution < 1.29 is 4.79 Å². The van der Waals surface area contributed by atoms with E-state index < -0.39 is 5.91 Å². The quantitative estimate of drug-likeness (QED) is 0.189. The molecule has 1 rings (SSSR count). The molecule has 0 aromatic carbocycles. The summed E-state index contributed by atoms with van der Waals surface area (Å²) in [6, 6.07) is 0. The number of nitrogen functional groups attached to an aromatic ring is 1. The highest BCUT2D eigenvalue weighted by Gasteiger charge is 2.08. The second kappa shape index (κ2) is 2.72. The van der Waals surface area contributed by atoms with Crippen LogP contribution in [-0.4, -0.2) is 15.9 Å². The Labute approximate surface area is 62.4 Å². The van der Waals surface area contributed by atoms with Crippen molar-refractivity contribution in [2.24, 2.45) is 5.84 Å². The van der Waals surface area contributed by atoms with Gasteiger partial charge >= 0.3 is 0 Å². The fourth-order valence-electron chi connectivity index (χ4n) is 0.526. The molecule has 5 nitrogen and oxygen atoms in total. The highest BCUT2D eigenvalue weighted by atomic mass is 32.1. The Kier molecular flexibility index (Phi) is 1.93. The zero-order valence-electron chi connectivity index (χ0n) is 4.96. The monoisotopic (exact) mass is 158 g/mol. The summed E-state index contributed by atoms with van der Waals surface area (Å²) in [5, 5.41) is 0.336. The molecule has 0 radical (unpaired) electrons. The average molecular weight is 158 g/mol. The molecule has 0 bridgehead atoms. The maximum Gasteiger partial charge on any atom is 0.284 e. The molecule has 0 unspecified atom stereocenters. The van der Waals surface area contributed by atoms with E-state index in [1.54, 1.807) is 0 Å². The van der Waals surface area contributed by atoms with Crippen LogP contribution in [0.5, 0.6) is 0 Å². The Hall–Kier alpha value is -1.01. The molecule has 10 heavy (non-hydrogen) atoms. The molecule has 0 saturated carbocycles. The number of aromatic amines is 1. The largest absolute Gasteiger partial charge is 0.340 e. The lowest BCUT2D eigenvalue weighted by Crippen LogP contribution is -2.30. The summed E-state index contributed by atoms with van der Waals surface area (Å²) in [4.78, 5) is 17.0. The number of hydrazine groups is 1. The van der Waals surface area contributed by atoms with E-state index in [4.69, 9.17) is 5.84 Å². The zero-order chi connectivity index (χ0) is 7.56. The number of nitrogens with one attached hydrogen (secondary N) is 2. The molecule has 0 aliphatic rings. The van der Waals surface area contributed by atoms with E-state index in [-0.39, 0.29) is 5.69 Å². The molecule has 0 fully saturated rings. The fraction of sp³-hybridized carbons (Fsp3) is 0. The predicted octanol–water partition coefficient (Wildman–Crippen LogP) is -0.698. The van der Waals surface area contributed by atoms with Crippen LogP contribution in [0, 0.1) is 0 Å². The maximum atomic E-state index is 10.7. The fourth-order valence-corrected chi connectivity index (χ4v) is 0.750. The van der Waals surface area contributed by atoms with E-state index in [0.29, 0.717) is 5.03 Å². The van der Waals surface area contributed by atoms with Crippen molar-refractivity contribution in [3.8, 4) is 0 Å². The highest BCUT2D eigenvalue weighted by Crippen LogP contribution is 2.05. The molecule has 0 spiro atoms. The number of carbonyl (C=O) groups is 1. The summed E-state index contributed by atoms with van der Waals surface area (Å²) < 4.78 is 0. The molecule has 1 amide bonds. The number of rotatable bonds is 1. The number of thiol groups is 1. The molecular formula is C4H6N4OS. The van der Waals surface area contributed by atoms with Gasteiger partial charge in [0.2, 0.25) is 0 Å². The predicted molar refractivity (Wildman–Crippen MR) is 37.5 cm³/mol. The molecule has 1 heterocycles. The maximum absolute atomic E-state index is 10.7. The zero-order valence-corrected chi connectivity index (χ0v) is 5.85. The molecule has 0 aliphatic carbocycles. The first kappa shape index (κ1) is 7.10. The highest BCUT2D eigenvalue weighted by molar-refractivity contribution is 7.80. The van der Waals surface area contributed by atoms with E-state index >= 15 is 0 Å². The summed E-state index contributed by atoms with van der Waals surface area (Å²) >= 11 is 3.88. The SMILES string of the molecule is NNC(=O)c1[nH]cnc1S.